The number of fused-ring (bicyclic) bond motifs is 1. The fourth-order valence-corrected chi connectivity index (χ4v) is 2.18. The first-order chi connectivity index (χ1) is 7.65. The molecule has 0 aromatic carbocycles. The highest BCUT2D eigenvalue weighted by atomic mass is 16.5. The van der Waals surface area contributed by atoms with Crippen LogP contribution in [0.5, 0.6) is 0 Å². The topological polar surface area (TPSA) is 39.2 Å². The van der Waals surface area contributed by atoms with Gasteiger partial charge in [0, 0.05) is 11.8 Å². The molecule has 0 N–H and O–H groups in total. The Bertz CT molecular complexity index is 424. The number of rotatable bonds is 3. The molecular formula is C13H17NO2. The molecular weight excluding hydrogens is 202 g/mol. The van der Waals surface area contributed by atoms with Crippen LogP contribution in [-0.4, -0.2) is 11.0 Å². The van der Waals surface area contributed by atoms with Crippen LogP contribution in [0.3, 0.4) is 0 Å². The number of carbonyl (C=O) groups excluding carboxylic acids is 1. The molecule has 1 aliphatic rings. The van der Waals surface area contributed by atoms with Crippen LogP contribution < -0.4 is 0 Å². The molecule has 1 aromatic rings. The first kappa shape index (κ1) is 11.1. The Balaban J connectivity index is 2.55. The minimum absolute atomic E-state index is 0.178. The SMILES string of the molecule is CCCc1cnc(C(C)C)c2c1C(=O)OC2. The lowest BCUT2D eigenvalue weighted by Crippen LogP contribution is -2.06. The second-order valence-electron chi connectivity index (χ2n) is 4.50. The smallest absolute Gasteiger partial charge is 0.339 e. The largest absolute Gasteiger partial charge is 0.457 e. The van der Waals surface area contributed by atoms with Crippen molar-refractivity contribution < 1.29 is 9.53 Å². The molecule has 0 saturated carbocycles. The molecule has 3 heteroatoms. The van der Waals surface area contributed by atoms with Crippen LogP contribution in [0.2, 0.25) is 0 Å². The summed E-state index contributed by atoms with van der Waals surface area (Å²) in [5.74, 6) is 0.154. The minimum Gasteiger partial charge on any atom is -0.457 e. The molecule has 0 fully saturated rings. The minimum atomic E-state index is -0.178. The van der Waals surface area contributed by atoms with Gasteiger partial charge in [0.2, 0.25) is 0 Å². The van der Waals surface area contributed by atoms with Gasteiger partial charge in [-0.1, -0.05) is 27.2 Å². The third-order valence-electron chi connectivity index (χ3n) is 2.91. The van der Waals surface area contributed by atoms with Crippen molar-refractivity contribution in [2.45, 2.75) is 46.1 Å². The monoisotopic (exact) mass is 219 g/mol. The van der Waals surface area contributed by atoms with E-state index in [1.54, 1.807) is 0 Å². The van der Waals surface area contributed by atoms with E-state index in [1.165, 1.54) is 0 Å². The zero-order chi connectivity index (χ0) is 11.7. The Morgan fingerprint density at radius 2 is 2.25 bits per heavy atom. The lowest BCUT2D eigenvalue weighted by Gasteiger charge is -2.11. The Morgan fingerprint density at radius 1 is 1.50 bits per heavy atom. The lowest BCUT2D eigenvalue weighted by molar-refractivity contribution is 0.0534. The van der Waals surface area contributed by atoms with Crippen molar-refractivity contribution in [2.24, 2.45) is 0 Å². The molecule has 0 unspecified atom stereocenters. The lowest BCUT2D eigenvalue weighted by atomic mass is 9.96. The second-order valence-corrected chi connectivity index (χ2v) is 4.50. The maximum Gasteiger partial charge on any atom is 0.339 e. The number of nitrogens with zero attached hydrogens (tertiary/aromatic N) is 1. The van der Waals surface area contributed by atoms with Gasteiger partial charge in [0.1, 0.15) is 6.61 Å². The molecule has 0 aliphatic carbocycles. The van der Waals surface area contributed by atoms with Crippen LogP contribution in [0, 0.1) is 0 Å². The Morgan fingerprint density at radius 3 is 2.88 bits per heavy atom. The van der Waals surface area contributed by atoms with Crippen molar-refractivity contribution in [1.82, 2.24) is 4.98 Å². The highest BCUT2D eigenvalue weighted by Gasteiger charge is 2.28. The summed E-state index contributed by atoms with van der Waals surface area (Å²) in [4.78, 5) is 16.2. The summed E-state index contributed by atoms with van der Waals surface area (Å²) in [7, 11) is 0. The fourth-order valence-electron chi connectivity index (χ4n) is 2.18. The van der Waals surface area contributed by atoms with E-state index >= 15 is 0 Å². The number of aryl methyl sites for hydroxylation is 1. The molecule has 0 spiro atoms. The number of carbonyl (C=O) groups is 1. The van der Waals surface area contributed by atoms with Gasteiger partial charge in [0.15, 0.2) is 0 Å². The predicted octanol–water partition coefficient (Wildman–Crippen LogP) is 2.83. The van der Waals surface area contributed by atoms with Crippen molar-refractivity contribution in [2.75, 3.05) is 0 Å². The molecule has 3 nitrogen and oxygen atoms in total. The van der Waals surface area contributed by atoms with E-state index in [-0.39, 0.29) is 5.97 Å². The number of pyridine rings is 1. The van der Waals surface area contributed by atoms with Crippen molar-refractivity contribution in [3.63, 3.8) is 0 Å². The molecule has 0 amide bonds. The zero-order valence-electron chi connectivity index (χ0n) is 10.0. The average Bonchev–Trinajstić information content (AvgIpc) is 2.62. The third-order valence-corrected chi connectivity index (χ3v) is 2.91. The van der Waals surface area contributed by atoms with Crippen molar-refractivity contribution in [3.8, 4) is 0 Å². The first-order valence-electron chi connectivity index (χ1n) is 5.82. The fraction of sp³-hybridized carbons (Fsp3) is 0.538. The molecule has 2 heterocycles. The van der Waals surface area contributed by atoms with E-state index in [0.717, 1.165) is 35.2 Å². The quantitative estimate of drug-likeness (QED) is 0.734. The Kier molecular flexibility index (Phi) is 2.95. The van der Waals surface area contributed by atoms with Gasteiger partial charge in [-0.05, 0) is 17.9 Å². The van der Waals surface area contributed by atoms with Gasteiger partial charge in [-0.25, -0.2) is 4.79 Å². The summed E-state index contributed by atoms with van der Waals surface area (Å²) in [5.41, 5.74) is 3.82. The molecule has 1 aliphatic heterocycles. The van der Waals surface area contributed by atoms with Crippen LogP contribution in [0.15, 0.2) is 6.20 Å². The van der Waals surface area contributed by atoms with E-state index in [1.807, 2.05) is 6.20 Å². The van der Waals surface area contributed by atoms with Crippen LogP contribution in [0.25, 0.3) is 0 Å². The maximum absolute atomic E-state index is 11.7. The third kappa shape index (κ3) is 1.70. The Labute approximate surface area is 95.8 Å². The van der Waals surface area contributed by atoms with Gasteiger partial charge >= 0.3 is 5.97 Å². The number of ether oxygens (including phenoxy) is 1. The van der Waals surface area contributed by atoms with Gasteiger partial charge in [0.05, 0.1) is 11.3 Å². The standard InChI is InChI=1S/C13H17NO2/c1-4-5-9-6-14-12(8(2)3)10-7-16-13(15)11(9)10/h6,8H,4-5,7H2,1-3H3. The average molecular weight is 219 g/mol. The molecule has 1 aromatic heterocycles. The molecule has 0 radical (unpaired) electrons. The predicted molar refractivity (Wildman–Crippen MR) is 61.4 cm³/mol. The highest BCUT2D eigenvalue weighted by molar-refractivity contribution is 5.95. The van der Waals surface area contributed by atoms with E-state index in [0.29, 0.717) is 12.5 Å². The van der Waals surface area contributed by atoms with Crippen LogP contribution in [-0.2, 0) is 17.8 Å². The zero-order valence-corrected chi connectivity index (χ0v) is 10.0. The number of hydrogen-bond acceptors (Lipinski definition) is 3. The second kappa shape index (κ2) is 4.24. The molecule has 16 heavy (non-hydrogen) atoms. The maximum atomic E-state index is 11.7. The van der Waals surface area contributed by atoms with Gasteiger partial charge in [-0.3, -0.25) is 4.98 Å². The molecule has 2 rings (SSSR count). The number of cyclic esters (lactones) is 1. The molecule has 0 bridgehead atoms. The van der Waals surface area contributed by atoms with E-state index in [2.05, 4.69) is 25.8 Å². The summed E-state index contributed by atoms with van der Waals surface area (Å²) < 4.78 is 5.12. The van der Waals surface area contributed by atoms with E-state index in [9.17, 15) is 4.79 Å². The first-order valence-corrected chi connectivity index (χ1v) is 5.82. The van der Waals surface area contributed by atoms with Crippen LogP contribution >= 0.6 is 0 Å². The van der Waals surface area contributed by atoms with Crippen molar-refractivity contribution in [3.05, 3.63) is 28.6 Å². The van der Waals surface area contributed by atoms with Crippen LogP contribution in [0.4, 0.5) is 0 Å². The van der Waals surface area contributed by atoms with Gasteiger partial charge in [-0.2, -0.15) is 0 Å². The summed E-state index contributed by atoms with van der Waals surface area (Å²) >= 11 is 0. The van der Waals surface area contributed by atoms with Crippen molar-refractivity contribution >= 4 is 5.97 Å². The summed E-state index contributed by atoms with van der Waals surface area (Å²) in [6.07, 6.45) is 3.75. The van der Waals surface area contributed by atoms with Gasteiger partial charge < -0.3 is 4.74 Å². The van der Waals surface area contributed by atoms with E-state index < -0.39 is 0 Å². The van der Waals surface area contributed by atoms with Gasteiger partial charge in [-0.15, -0.1) is 0 Å². The molecule has 0 atom stereocenters. The normalized spacial score (nSPS) is 14.1. The van der Waals surface area contributed by atoms with Crippen LogP contribution in [0.1, 0.15) is 60.3 Å². The summed E-state index contributed by atoms with van der Waals surface area (Å²) in [6, 6.07) is 0. The molecule has 0 saturated heterocycles. The van der Waals surface area contributed by atoms with E-state index in [4.69, 9.17) is 4.74 Å². The summed E-state index contributed by atoms with van der Waals surface area (Å²) in [5, 5.41) is 0. The van der Waals surface area contributed by atoms with Gasteiger partial charge in [0.25, 0.3) is 0 Å². The number of hydrogen-bond donors (Lipinski definition) is 0. The summed E-state index contributed by atoms with van der Waals surface area (Å²) in [6.45, 7) is 6.67. The highest BCUT2D eigenvalue weighted by Crippen LogP contribution is 2.29. The number of esters is 1. The Hall–Kier alpha value is -1.38. The number of aromatic nitrogens is 1. The van der Waals surface area contributed by atoms with Crippen molar-refractivity contribution in [1.29, 1.82) is 0 Å². The molecule has 86 valence electrons.